The van der Waals surface area contributed by atoms with Crippen molar-refractivity contribution in [2.24, 2.45) is 5.92 Å². The first-order valence-corrected chi connectivity index (χ1v) is 7.92. The highest BCUT2D eigenvalue weighted by Crippen LogP contribution is 2.39. The van der Waals surface area contributed by atoms with Crippen LogP contribution >= 0.6 is 0 Å². The molecule has 1 saturated heterocycles. The predicted molar refractivity (Wildman–Crippen MR) is 88.7 cm³/mol. The van der Waals surface area contributed by atoms with Crippen LogP contribution in [0, 0.1) is 5.92 Å². The highest BCUT2D eigenvalue weighted by atomic mass is 16.2. The van der Waals surface area contributed by atoms with Gasteiger partial charge in [0.1, 0.15) is 5.54 Å². The molecule has 5 heteroatoms. The summed E-state index contributed by atoms with van der Waals surface area (Å²) in [6.45, 7) is 8.72. The molecule has 0 bridgehead atoms. The summed E-state index contributed by atoms with van der Waals surface area (Å²) < 4.78 is 0. The van der Waals surface area contributed by atoms with Gasteiger partial charge in [-0.15, -0.1) is 0 Å². The van der Waals surface area contributed by atoms with Gasteiger partial charge in [-0.05, 0) is 19.3 Å². The quantitative estimate of drug-likeness (QED) is 0.412. The fourth-order valence-electron chi connectivity index (χ4n) is 3.06. The summed E-state index contributed by atoms with van der Waals surface area (Å²) in [5.74, 6) is -0.141. The Morgan fingerprint density at radius 2 is 2.04 bits per heavy atom. The molecule has 0 aromatic rings. The van der Waals surface area contributed by atoms with Crippen LogP contribution in [0.15, 0.2) is 37.0 Å². The number of carbonyl (C=O) groups excluding carboxylic acids is 3. The third-order valence-corrected chi connectivity index (χ3v) is 4.97. The number of imide groups is 1. The van der Waals surface area contributed by atoms with Gasteiger partial charge in [-0.25, -0.2) is 4.79 Å². The van der Waals surface area contributed by atoms with Crippen molar-refractivity contribution in [3.05, 3.63) is 37.0 Å². The fourth-order valence-corrected chi connectivity index (χ4v) is 3.06. The molecule has 1 atom stereocenters. The first kappa shape index (κ1) is 17.2. The molecule has 0 N–H and O–H groups in total. The van der Waals surface area contributed by atoms with Gasteiger partial charge in [0.05, 0.1) is 6.54 Å². The second-order valence-corrected chi connectivity index (χ2v) is 6.55. The summed E-state index contributed by atoms with van der Waals surface area (Å²) in [6.07, 6.45) is 8.71. The lowest BCUT2D eigenvalue weighted by Crippen LogP contribution is -2.47. The van der Waals surface area contributed by atoms with Crippen LogP contribution in [0.5, 0.6) is 0 Å². The molecule has 1 aliphatic heterocycles. The summed E-state index contributed by atoms with van der Waals surface area (Å²) in [5, 5.41) is 0. The Hall–Kier alpha value is -2.17. The Morgan fingerprint density at radius 3 is 2.57 bits per heavy atom. The zero-order valence-electron chi connectivity index (χ0n) is 13.9. The second kappa shape index (κ2) is 6.52. The van der Waals surface area contributed by atoms with Crippen molar-refractivity contribution in [2.45, 2.75) is 38.1 Å². The lowest BCUT2D eigenvalue weighted by Gasteiger charge is -2.36. The predicted octanol–water partition coefficient (Wildman–Crippen LogP) is 2.70. The minimum Gasteiger partial charge on any atom is -0.313 e. The molecule has 1 heterocycles. The van der Waals surface area contributed by atoms with E-state index in [1.54, 1.807) is 20.0 Å². The second-order valence-electron chi connectivity index (χ2n) is 6.55. The Bertz CT molecular complexity index is 589. The van der Waals surface area contributed by atoms with Gasteiger partial charge >= 0.3 is 6.03 Å². The molecule has 124 valence electrons. The number of Topliss-reactive ketones (excluding diaryl/α,β-unsaturated/α-hetero) is 1. The van der Waals surface area contributed by atoms with Crippen LogP contribution in [-0.4, -0.2) is 46.7 Å². The Morgan fingerprint density at radius 1 is 1.39 bits per heavy atom. The van der Waals surface area contributed by atoms with Crippen LogP contribution in [0.1, 0.15) is 32.6 Å². The largest absolute Gasteiger partial charge is 0.327 e. The Kier molecular flexibility index (Phi) is 4.88. The van der Waals surface area contributed by atoms with Gasteiger partial charge < -0.3 is 4.90 Å². The molecule has 2 rings (SSSR count). The third-order valence-electron chi connectivity index (χ3n) is 4.97. The lowest BCUT2D eigenvalue weighted by atomic mass is 9.76. The van der Waals surface area contributed by atoms with E-state index in [9.17, 15) is 14.4 Å². The summed E-state index contributed by atoms with van der Waals surface area (Å²) in [7, 11) is 1.63. The molecule has 2 aliphatic rings. The normalized spacial score (nSPS) is 25.1. The van der Waals surface area contributed by atoms with Crippen molar-refractivity contribution >= 4 is 17.7 Å². The molecule has 1 unspecified atom stereocenters. The SMILES string of the molecule is C=C/C=C\C(=C)C(=O)CN1C(=O)N(C)C(C)(CC2CCC2)C1=O. The van der Waals surface area contributed by atoms with Gasteiger partial charge in [0.25, 0.3) is 5.91 Å². The van der Waals surface area contributed by atoms with E-state index < -0.39 is 11.6 Å². The molecule has 0 spiro atoms. The van der Waals surface area contributed by atoms with Crippen LogP contribution in [0.3, 0.4) is 0 Å². The molecule has 2 fully saturated rings. The molecule has 0 radical (unpaired) electrons. The van der Waals surface area contributed by atoms with E-state index in [1.165, 1.54) is 23.5 Å². The smallest absolute Gasteiger partial charge is 0.313 e. The standard InChI is InChI=1S/C18H24N2O3/c1-5-6-8-13(2)15(21)12-20-16(22)18(3,19(4)17(20)23)11-14-9-7-10-14/h5-6,8,14H,1-2,7,9-12H2,3-4H3/b8-6-. The monoisotopic (exact) mass is 316 g/mol. The van der Waals surface area contributed by atoms with Gasteiger partial charge in [-0.3, -0.25) is 14.5 Å². The van der Waals surface area contributed by atoms with Gasteiger partial charge in [0.15, 0.2) is 5.78 Å². The topological polar surface area (TPSA) is 57.7 Å². The van der Waals surface area contributed by atoms with Gasteiger partial charge in [0, 0.05) is 12.6 Å². The first-order valence-electron chi connectivity index (χ1n) is 7.92. The molecule has 5 nitrogen and oxygen atoms in total. The van der Waals surface area contributed by atoms with Crippen molar-refractivity contribution in [3.8, 4) is 0 Å². The van der Waals surface area contributed by atoms with Crippen molar-refractivity contribution in [1.29, 1.82) is 0 Å². The number of likely N-dealkylation sites (N-methyl/N-ethyl adjacent to an activating group) is 1. The minimum atomic E-state index is -0.846. The number of amides is 3. The number of hydrogen-bond donors (Lipinski definition) is 0. The van der Waals surface area contributed by atoms with E-state index in [0.717, 1.165) is 17.7 Å². The van der Waals surface area contributed by atoms with E-state index in [0.29, 0.717) is 12.3 Å². The van der Waals surface area contributed by atoms with Crippen LogP contribution in [0.4, 0.5) is 4.79 Å². The number of allylic oxidation sites excluding steroid dienone is 3. The Balaban J connectivity index is 2.10. The average Bonchev–Trinajstić information content (AvgIpc) is 2.64. The zero-order valence-corrected chi connectivity index (χ0v) is 13.9. The maximum Gasteiger partial charge on any atom is 0.327 e. The van der Waals surface area contributed by atoms with Gasteiger partial charge in [-0.1, -0.05) is 50.6 Å². The van der Waals surface area contributed by atoms with Crippen molar-refractivity contribution in [1.82, 2.24) is 9.80 Å². The van der Waals surface area contributed by atoms with Crippen molar-refractivity contribution < 1.29 is 14.4 Å². The maximum atomic E-state index is 12.7. The molecule has 3 amide bonds. The van der Waals surface area contributed by atoms with E-state index in [2.05, 4.69) is 13.2 Å². The van der Waals surface area contributed by atoms with Crippen molar-refractivity contribution in [3.63, 3.8) is 0 Å². The summed E-state index contributed by atoms with van der Waals surface area (Å²) in [6, 6.07) is -0.411. The number of nitrogens with zero attached hydrogens (tertiary/aromatic N) is 2. The summed E-state index contributed by atoms with van der Waals surface area (Å²) in [5.41, 5.74) is -0.596. The molecule has 0 aromatic carbocycles. The first-order chi connectivity index (χ1) is 10.8. The van der Waals surface area contributed by atoms with E-state index in [4.69, 9.17) is 0 Å². The number of ketones is 1. The molecule has 0 aromatic heterocycles. The third kappa shape index (κ3) is 3.14. The number of carbonyl (C=O) groups is 3. The Labute approximate surface area is 137 Å². The summed E-state index contributed by atoms with van der Waals surface area (Å²) >= 11 is 0. The van der Waals surface area contributed by atoms with Gasteiger partial charge in [-0.2, -0.15) is 0 Å². The number of urea groups is 1. The molecule has 23 heavy (non-hydrogen) atoms. The number of rotatable bonds is 7. The highest BCUT2D eigenvalue weighted by molar-refractivity contribution is 6.11. The number of hydrogen-bond acceptors (Lipinski definition) is 3. The molecular weight excluding hydrogens is 292 g/mol. The zero-order chi connectivity index (χ0) is 17.2. The van der Waals surface area contributed by atoms with E-state index >= 15 is 0 Å². The molecular formula is C18H24N2O3. The van der Waals surface area contributed by atoms with Crippen molar-refractivity contribution in [2.75, 3.05) is 13.6 Å². The van der Waals surface area contributed by atoms with Crippen LogP contribution in [0.2, 0.25) is 0 Å². The minimum absolute atomic E-state index is 0.251. The fraction of sp³-hybridized carbons (Fsp3) is 0.500. The van der Waals surface area contributed by atoms with E-state index in [-0.39, 0.29) is 23.8 Å². The molecule has 1 saturated carbocycles. The maximum absolute atomic E-state index is 12.7. The molecule has 1 aliphatic carbocycles. The summed E-state index contributed by atoms with van der Waals surface area (Å²) in [4.78, 5) is 39.8. The van der Waals surface area contributed by atoms with E-state index in [1.807, 2.05) is 0 Å². The average molecular weight is 316 g/mol. The van der Waals surface area contributed by atoms with Crippen LogP contribution in [-0.2, 0) is 9.59 Å². The van der Waals surface area contributed by atoms with Gasteiger partial charge in [0.2, 0.25) is 0 Å². The van der Waals surface area contributed by atoms with Crippen LogP contribution < -0.4 is 0 Å². The van der Waals surface area contributed by atoms with Crippen LogP contribution in [0.25, 0.3) is 0 Å². The lowest BCUT2D eigenvalue weighted by molar-refractivity contribution is -0.135. The highest BCUT2D eigenvalue weighted by Gasteiger charge is 2.53.